The van der Waals surface area contributed by atoms with E-state index in [9.17, 15) is 0 Å². The summed E-state index contributed by atoms with van der Waals surface area (Å²) < 4.78 is 11.6. The molecule has 3 heteroatoms. The molecule has 0 aliphatic carbocycles. The van der Waals surface area contributed by atoms with Crippen molar-refractivity contribution in [3.8, 4) is 47.7 Å². The molecule has 3 nitrogen and oxygen atoms in total. The number of benzene rings is 3. The van der Waals surface area contributed by atoms with Crippen LogP contribution >= 0.6 is 0 Å². The molecule has 0 heterocycles. The molecule has 0 amide bonds. The van der Waals surface area contributed by atoms with Crippen molar-refractivity contribution in [2.24, 2.45) is 0 Å². The second-order valence-corrected chi connectivity index (χ2v) is 5.28. The quantitative estimate of drug-likeness (QED) is 0.553. The van der Waals surface area contributed by atoms with Gasteiger partial charge < -0.3 is 15.2 Å². The molecule has 0 saturated carbocycles. The normalized spacial score (nSPS) is 9.68. The highest BCUT2D eigenvalue weighted by molar-refractivity contribution is 5.53. The van der Waals surface area contributed by atoms with Crippen molar-refractivity contribution in [1.82, 2.24) is 0 Å². The zero-order valence-electron chi connectivity index (χ0n) is 13.4. The fourth-order valence-corrected chi connectivity index (χ4v) is 2.22. The van der Waals surface area contributed by atoms with Gasteiger partial charge in [-0.05, 0) is 48.5 Å². The van der Waals surface area contributed by atoms with Crippen molar-refractivity contribution in [3.63, 3.8) is 0 Å². The van der Waals surface area contributed by atoms with Crippen molar-refractivity contribution in [2.75, 3.05) is 5.73 Å². The molecular formula is C22H15NO2. The van der Waals surface area contributed by atoms with Crippen molar-refractivity contribution in [2.45, 2.75) is 0 Å². The molecule has 3 rings (SSSR count). The summed E-state index contributed by atoms with van der Waals surface area (Å²) in [5.74, 6) is 7.60. The summed E-state index contributed by atoms with van der Waals surface area (Å²) in [7, 11) is 0. The van der Waals surface area contributed by atoms with Gasteiger partial charge in [0.05, 0.1) is 0 Å². The Morgan fingerprint density at radius 3 is 1.36 bits per heavy atom. The number of rotatable bonds is 4. The molecule has 0 aliphatic rings. The maximum absolute atomic E-state index is 5.94. The fraction of sp³-hybridized carbons (Fsp3) is 0. The summed E-state index contributed by atoms with van der Waals surface area (Å²) in [5.41, 5.74) is 8.06. The van der Waals surface area contributed by atoms with Crippen LogP contribution < -0.4 is 15.2 Å². The Morgan fingerprint density at radius 2 is 1.00 bits per heavy atom. The lowest BCUT2D eigenvalue weighted by Gasteiger charge is -2.11. The summed E-state index contributed by atoms with van der Waals surface area (Å²) in [4.78, 5) is 0. The molecule has 0 aromatic heterocycles. The number of hydrogen-bond acceptors (Lipinski definition) is 3. The topological polar surface area (TPSA) is 44.5 Å². The van der Waals surface area contributed by atoms with Crippen LogP contribution in [0.5, 0.6) is 23.0 Å². The van der Waals surface area contributed by atoms with Gasteiger partial charge in [0.2, 0.25) is 0 Å². The van der Waals surface area contributed by atoms with Gasteiger partial charge in [0.1, 0.15) is 23.0 Å². The van der Waals surface area contributed by atoms with Crippen molar-refractivity contribution < 1.29 is 9.47 Å². The summed E-state index contributed by atoms with van der Waals surface area (Å²) in [6, 6.07) is 19.7. The minimum Gasteiger partial charge on any atom is -0.457 e. The van der Waals surface area contributed by atoms with E-state index in [2.05, 4.69) is 11.8 Å². The molecule has 120 valence electrons. The van der Waals surface area contributed by atoms with E-state index in [1.807, 2.05) is 24.3 Å². The molecule has 0 saturated heterocycles. The SMILES string of the molecule is C#Cc1ccc(Oc2cc(N)cc(Oc3ccc(C#C)cc3)c2)cc1. The molecule has 0 fully saturated rings. The van der Waals surface area contributed by atoms with E-state index in [0.29, 0.717) is 28.7 Å². The fourth-order valence-electron chi connectivity index (χ4n) is 2.22. The van der Waals surface area contributed by atoms with E-state index >= 15 is 0 Å². The molecule has 0 radical (unpaired) electrons. The van der Waals surface area contributed by atoms with E-state index in [-0.39, 0.29) is 0 Å². The molecule has 0 aliphatic heterocycles. The third-order valence-corrected chi connectivity index (χ3v) is 3.42. The average molecular weight is 325 g/mol. The average Bonchev–Trinajstić information content (AvgIpc) is 2.62. The second kappa shape index (κ2) is 7.17. The minimum atomic E-state index is 0.535. The number of nitrogen functional groups attached to an aromatic ring is 1. The standard InChI is InChI=1S/C22H15NO2/c1-3-16-5-9-19(10-6-16)24-21-13-18(23)14-22(15-21)25-20-11-7-17(4-2)8-12-20/h1-2,5-15H,23H2. The first-order valence-electron chi connectivity index (χ1n) is 7.56. The summed E-state index contributed by atoms with van der Waals surface area (Å²) in [6.07, 6.45) is 10.7. The lowest BCUT2D eigenvalue weighted by molar-refractivity contribution is 0.461. The Bertz CT molecular complexity index is 881. The molecule has 0 atom stereocenters. The highest BCUT2D eigenvalue weighted by Gasteiger charge is 2.05. The predicted molar refractivity (Wildman–Crippen MR) is 99.8 cm³/mol. The number of anilines is 1. The van der Waals surface area contributed by atoms with Gasteiger partial charge in [-0.2, -0.15) is 0 Å². The van der Waals surface area contributed by atoms with Gasteiger partial charge in [-0.15, -0.1) is 12.8 Å². The van der Waals surface area contributed by atoms with Crippen LogP contribution in [0.1, 0.15) is 11.1 Å². The third kappa shape index (κ3) is 4.13. The molecular weight excluding hydrogens is 310 g/mol. The van der Waals surface area contributed by atoms with Gasteiger partial charge in [0.15, 0.2) is 0 Å². The number of hydrogen-bond donors (Lipinski definition) is 1. The van der Waals surface area contributed by atoms with E-state index in [4.69, 9.17) is 28.1 Å². The second-order valence-electron chi connectivity index (χ2n) is 5.28. The highest BCUT2D eigenvalue weighted by Crippen LogP contribution is 2.31. The molecule has 0 bridgehead atoms. The molecule has 0 spiro atoms. The van der Waals surface area contributed by atoms with E-state index < -0.39 is 0 Å². The van der Waals surface area contributed by atoms with Gasteiger partial charge in [-0.3, -0.25) is 0 Å². The Kier molecular flexibility index (Phi) is 4.60. The Morgan fingerprint density at radius 1 is 0.600 bits per heavy atom. The van der Waals surface area contributed by atoms with Gasteiger partial charge in [-0.1, -0.05) is 11.8 Å². The van der Waals surface area contributed by atoms with Gasteiger partial charge in [0, 0.05) is 35.0 Å². The monoisotopic (exact) mass is 325 g/mol. The number of terminal acetylenes is 2. The zero-order valence-corrected chi connectivity index (χ0v) is 13.4. The van der Waals surface area contributed by atoms with Crippen LogP contribution in [0.2, 0.25) is 0 Å². The molecule has 3 aromatic rings. The van der Waals surface area contributed by atoms with Crippen LogP contribution in [0, 0.1) is 24.7 Å². The van der Waals surface area contributed by atoms with Gasteiger partial charge in [0.25, 0.3) is 0 Å². The third-order valence-electron chi connectivity index (χ3n) is 3.42. The maximum atomic E-state index is 5.94. The van der Waals surface area contributed by atoms with Crippen LogP contribution in [0.25, 0.3) is 0 Å². The predicted octanol–water partition coefficient (Wildman–Crippen LogP) is 4.82. The molecule has 3 aromatic carbocycles. The zero-order chi connectivity index (χ0) is 17.6. The van der Waals surface area contributed by atoms with Crippen LogP contribution in [-0.2, 0) is 0 Å². The first-order chi connectivity index (χ1) is 12.2. The summed E-state index contributed by atoms with van der Waals surface area (Å²) in [6.45, 7) is 0. The molecule has 25 heavy (non-hydrogen) atoms. The number of ether oxygens (including phenoxy) is 2. The Hall–Kier alpha value is -3.82. The Labute approximate surface area is 147 Å². The van der Waals surface area contributed by atoms with E-state index in [1.165, 1.54) is 0 Å². The minimum absolute atomic E-state index is 0.535. The number of nitrogens with two attached hydrogens (primary N) is 1. The van der Waals surface area contributed by atoms with Crippen molar-refractivity contribution in [1.29, 1.82) is 0 Å². The van der Waals surface area contributed by atoms with Crippen LogP contribution in [-0.4, -0.2) is 0 Å². The van der Waals surface area contributed by atoms with E-state index in [0.717, 1.165) is 11.1 Å². The first-order valence-corrected chi connectivity index (χ1v) is 7.56. The largest absolute Gasteiger partial charge is 0.457 e. The highest BCUT2D eigenvalue weighted by atomic mass is 16.5. The van der Waals surface area contributed by atoms with Gasteiger partial charge in [-0.25, -0.2) is 0 Å². The van der Waals surface area contributed by atoms with Crippen LogP contribution in [0.3, 0.4) is 0 Å². The Balaban J connectivity index is 1.79. The lowest BCUT2D eigenvalue weighted by Crippen LogP contribution is -1.92. The van der Waals surface area contributed by atoms with Crippen molar-refractivity contribution >= 4 is 5.69 Å². The molecule has 0 unspecified atom stereocenters. The summed E-state index contributed by atoms with van der Waals surface area (Å²) in [5, 5.41) is 0. The van der Waals surface area contributed by atoms with Crippen LogP contribution in [0.4, 0.5) is 5.69 Å². The first kappa shape index (κ1) is 16.1. The van der Waals surface area contributed by atoms with Crippen molar-refractivity contribution in [3.05, 3.63) is 77.9 Å². The van der Waals surface area contributed by atoms with Gasteiger partial charge >= 0.3 is 0 Å². The molecule has 2 N–H and O–H groups in total. The lowest BCUT2D eigenvalue weighted by atomic mass is 10.2. The summed E-state index contributed by atoms with van der Waals surface area (Å²) >= 11 is 0. The maximum Gasteiger partial charge on any atom is 0.133 e. The smallest absolute Gasteiger partial charge is 0.133 e. The van der Waals surface area contributed by atoms with E-state index in [1.54, 1.807) is 42.5 Å². The van der Waals surface area contributed by atoms with Crippen LogP contribution in [0.15, 0.2) is 66.7 Å².